The van der Waals surface area contributed by atoms with E-state index in [2.05, 4.69) is 145 Å². The fourth-order valence-electron chi connectivity index (χ4n) is 3.98. The van der Waals surface area contributed by atoms with Crippen molar-refractivity contribution in [2.45, 2.75) is 0 Å². The predicted octanol–water partition coefficient (Wildman–Crippen LogP) is 5.03. The molecule has 4 heteroatoms. The lowest BCUT2D eigenvalue weighted by atomic mass is 10.4. The smallest absolute Gasteiger partial charge is 0.0270 e. The Labute approximate surface area is 207 Å². The molecule has 0 unspecified atom stereocenters. The highest BCUT2D eigenvalue weighted by Crippen LogP contribution is 2.39. The highest BCUT2D eigenvalue weighted by atomic mass is 31.1. The van der Waals surface area contributed by atoms with Crippen LogP contribution in [0.4, 0.5) is 0 Å². The molecular formula is C30H34N2P2. The Morgan fingerprint density at radius 3 is 1.00 bits per heavy atom. The Morgan fingerprint density at radius 2 is 0.735 bits per heavy atom. The molecule has 0 N–H and O–H groups in total. The average molecular weight is 485 g/mol. The van der Waals surface area contributed by atoms with Gasteiger partial charge in [-0.1, -0.05) is 121 Å². The average Bonchev–Trinajstić information content (AvgIpc) is 2.90. The second kappa shape index (κ2) is 12.9. The van der Waals surface area contributed by atoms with E-state index in [1.807, 2.05) is 0 Å². The molecule has 34 heavy (non-hydrogen) atoms. The van der Waals surface area contributed by atoms with E-state index in [4.69, 9.17) is 0 Å². The summed E-state index contributed by atoms with van der Waals surface area (Å²) >= 11 is 0. The minimum absolute atomic E-state index is 0.472. The van der Waals surface area contributed by atoms with Crippen LogP contribution < -0.4 is 21.2 Å². The van der Waals surface area contributed by atoms with Gasteiger partial charge in [0.1, 0.15) is 0 Å². The summed E-state index contributed by atoms with van der Waals surface area (Å²) < 4.78 is 0. The zero-order valence-electron chi connectivity index (χ0n) is 20.2. The first-order chi connectivity index (χ1) is 16.7. The summed E-state index contributed by atoms with van der Waals surface area (Å²) in [5, 5.41) is 5.79. The van der Waals surface area contributed by atoms with Crippen LogP contribution in [0.2, 0.25) is 0 Å². The molecule has 0 aromatic heterocycles. The minimum Gasteiger partial charge on any atom is -0.308 e. The van der Waals surface area contributed by atoms with E-state index in [-0.39, 0.29) is 0 Å². The van der Waals surface area contributed by atoms with Crippen LogP contribution in [0, 0.1) is 0 Å². The Bertz CT molecular complexity index is 926. The molecule has 2 nitrogen and oxygen atoms in total. The number of benzene rings is 4. The molecule has 4 aromatic rings. The molecule has 174 valence electrons. The summed E-state index contributed by atoms with van der Waals surface area (Å²) in [7, 11) is 3.40. The molecule has 0 aliphatic carbocycles. The number of rotatable bonds is 11. The quantitative estimate of drug-likeness (QED) is 0.276. The third-order valence-electron chi connectivity index (χ3n) is 5.82. The molecule has 0 aliphatic heterocycles. The first-order valence-electron chi connectivity index (χ1n) is 11.8. The molecule has 0 aliphatic rings. The fourth-order valence-corrected chi connectivity index (χ4v) is 8.80. The maximum absolute atomic E-state index is 2.72. The Kier molecular flexibility index (Phi) is 9.43. The lowest BCUT2D eigenvalue weighted by Crippen LogP contribution is -2.36. The third kappa shape index (κ3) is 7.08. The van der Waals surface area contributed by atoms with Crippen molar-refractivity contribution in [1.29, 1.82) is 0 Å². The van der Waals surface area contributed by atoms with Gasteiger partial charge in [-0.15, -0.1) is 0 Å². The van der Waals surface area contributed by atoms with Gasteiger partial charge >= 0.3 is 0 Å². The van der Waals surface area contributed by atoms with E-state index in [1.165, 1.54) is 21.2 Å². The molecule has 4 rings (SSSR count). The molecule has 0 saturated carbocycles. The summed E-state index contributed by atoms with van der Waals surface area (Å²) in [6, 6.07) is 44.4. The van der Waals surface area contributed by atoms with E-state index >= 15 is 0 Å². The Balaban J connectivity index is 1.67. The standard InChI is InChI=1S/C30H34N2P2/c1-31(2)23-24-32(25-33(27-15-7-3-8-16-27)28-17-9-4-10-18-28)26-34(29-19-11-5-12-20-29)30-21-13-6-14-22-30/h3-22H,23-26H2,1-2H3. The molecule has 4 aromatic carbocycles. The van der Waals surface area contributed by atoms with Crippen molar-refractivity contribution in [2.75, 3.05) is 39.8 Å². The van der Waals surface area contributed by atoms with E-state index in [9.17, 15) is 0 Å². The number of nitrogens with zero attached hydrogens (tertiary/aromatic N) is 2. The van der Waals surface area contributed by atoms with Crippen molar-refractivity contribution in [2.24, 2.45) is 0 Å². The van der Waals surface area contributed by atoms with Crippen molar-refractivity contribution in [3.63, 3.8) is 0 Å². The largest absolute Gasteiger partial charge is 0.308 e. The molecule has 0 bridgehead atoms. The molecule has 0 heterocycles. The zero-order chi connectivity index (χ0) is 23.6. The van der Waals surface area contributed by atoms with Crippen molar-refractivity contribution < 1.29 is 0 Å². The van der Waals surface area contributed by atoms with Crippen molar-refractivity contribution in [3.05, 3.63) is 121 Å². The van der Waals surface area contributed by atoms with Gasteiger partial charge in [0, 0.05) is 25.7 Å². The lowest BCUT2D eigenvalue weighted by Gasteiger charge is -2.33. The topological polar surface area (TPSA) is 6.48 Å². The van der Waals surface area contributed by atoms with E-state index < -0.39 is 15.8 Å². The van der Waals surface area contributed by atoms with Crippen LogP contribution in [0.3, 0.4) is 0 Å². The second-order valence-corrected chi connectivity index (χ2v) is 13.0. The van der Waals surface area contributed by atoms with Gasteiger partial charge in [-0.2, -0.15) is 0 Å². The summed E-state index contributed by atoms with van der Waals surface area (Å²) in [5.41, 5.74) is 0. The van der Waals surface area contributed by atoms with Gasteiger partial charge in [0.2, 0.25) is 0 Å². The van der Waals surface area contributed by atoms with Crippen molar-refractivity contribution in [3.8, 4) is 0 Å². The molecule has 0 atom stereocenters. The minimum atomic E-state index is -0.472. The second-order valence-electron chi connectivity index (χ2n) is 8.68. The number of likely N-dealkylation sites (N-methyl/N-ethyl adjacent to an activating group) is 1. The summed E-state index contributed by atoms with van der Waals surface area (Å²) in [4.78, 5) is 5.02. The zero-order valence-corrected chi connectivity index (χ0v) is 22.0. The number of hydrogen-bond donors (Lipinski definition) is 0. The van der Waals surface area contributed by atoms with Crippen LogP contribution in [0.5, 0.6) is 0 Å². The molecule has 0 radical (unpaired) electrons. The van der Waals surface area contributed by atoms with Gasteiger partial charge in [-0.3, -0.25) is 4.90 Å². The van der Waals surface area contributed by atoms with Gasteiger partial charge in [0.15, 0.2) is 0 Å². The van der Waals surface area contributed by atoms with Crippen LogP contribution in [-0.2, 0) is 0 Å². The first kappa shape index (κ1) is 24.8. The van der Waals surface area contributed by atoms with Crippen LogP contribution >= 0.6 is 15.8 Å². The van der Waals surface area contributed by atoms with Gasteiger partial charge in [0.05, 0.1) is 0 Å². The first-order valence-corrected chi connectivity index (χ1v) is 14.9. The summed E-state index contributed by atoms with van der Waals surface area (Å²) in [5.74, 6) is 0. The van der Waals surface area contributed by atoms with Gasteiger partial charge in [-0.25, -0.2) is 0 Å². The normalized spacial score (nSPS) is 11.6. The van der Waals surface area contributed by atoms with Crippen LogP contribution in [-0.4, -0.2) is 49.6 Å². The Hall–Kier alpha value is -2.34. The van der Waals surface area contributed by atoms with Crippen molar-refractivity contribution >= 4 is 37.1 Å². The highest BCUT2D eigenvalue weighted by Gasteiger charge is 2.22. The van der Waals surface area contributed by atoms with Crippen LogP contribution in [0.1, 0.15) is 0 Å². The third-order valence-corrected chi connectivity index (χ3v) is 10.9. The summed E-state index contributed by atoms with van der Waals surface area (Å²) in [6.07, 6.45) is 2.13. The molecule has 0 fully saturated rings. The van der Waals surface area contributed by atoms with Crippen LogP contribution in [0.15, 0.2) is 121 Å². The van der Waals surface area contributed by atoms with E-state index in [0.29, 0.717) is 0 Å². The predicted molar refractivity (Wildman–Crippen MR) is 153 cm³/mol. The monoisotopic (exact) mass is 484 g/mol. The molecular weight excluding hydrogens is 450 g/mol. The highest BCUT2D eigenvalue weighted by molar-refractivity contribution is 7.73. The van der Waals surface area contributed by atoms with Gasteiger partial charge < -0.3 is 4.90 Å². The molecule has 0 amide bonds. The fraction of sp³-hybridized carbons (Fsp3) is 0.200. The van der Waals surface area contributed by atoms with Gasteiger partial charge in [-0.05, 0) is 51.2 Å². The van der Waals surface area contributed by atoms with Crippen LogP contribution in [0.25, 0.3) is 0 Å². The van der Waals surface area contributed by atoms with E-state index in [1.54, 1.807) is 0 Å². The maximum atomic E-state index is 2.72. The lowest BCUT2D eigenvalue weighted by molar-refractivity contribution is 0.303. The van der Waals surface area contributed by atoms with Gasteiger partial charge in [0.25, 0.3) is 0 Å². The number of hydrogen-bond acceptors (Lipinski definition) is 2. The molecule has 0 saturated heterocycles. The summed E-state index contributed by atoms with van der Waals surface area (Å²) in [6.45, 7) is 2.11. The van der Waals surface area contributed by atoms with E-state index in [0.717, 1.165) is 25.7 Å². The van der Waals surface area contributed by atoms with Crippen molar-refractivity contribution in [1.82, 2.24) is 9.80 Å². The molecule has 0 spiro atoms. The SMILES string of the molecule is CN(C)CCN(CP(c1ccccc1)c1ccccc1)CP(c1ccccc1)c1ccccc1. The Morgan fingerprint density at radius 1 is 0.441 bits per heavy atom. The maximum Gasteiger partial charge on any atom is 0.0270 e.